The van der Waals surface area contributed by atoms with Crippen molar-refractivity contribution in [3.63, 3.8) is 0 Å². The minimum atomic E-state index is -0.324. The third-order valence-electron chi connectivity index (χ3n) is 2.91. The van der Waals surface area contributed by atoms with Crippen molar-refractivity contribution < 1.29 is 9.18 Å². The Kier molecular flexibility index (Phi) is 4.68. The van der Waals surface area contributed by atoms with Gasteiger partial charge in [-0.2, -0.15) is 0 Å². The number of aromatic nitrogens is 2. The van der Waals surface area contributed by atoms with Gasteiger partial charge in [0.2, 0.25) is 5.91 Å². The lowest BCUT2D eigenvalue weighted by atomic mass is 10.3. The van der Waals surface area contributed by atoms with E-state index in [2.05, 4.69) is 15.2 Å². The van der Waals surface area contributed by atoms with E-state index < -0.39 is 0 Å². The van der Waals surface area contributed by atoms with Crippen molar-refractivity contribution in [3.05, 3.63) is 36.0 Å². The molecule has 0 aromatic carbocycles. The largest absolute Gasteiger partial charge is 0.356 e. The molecule has 0 atom stereocenters. The number of nitrogens with one attached hydrogen (secondary N) is 1. The molecule has 0 unspecified atom stereocenters. The molecule has 1 amide bonds. The van der Waals surface area contributed by atoms with Crippen LogP contribution in [0.2, 0.25) is 0 Å². The summed E-state index contributed by atoms with van der Waals surface area (Å²) in [6.45, 7) is 1.59. The lowest BCUT2D eigenvalue weighted by Crippen LogP contribution is -2.28. The van der Waals surface area contributed by atoms with E-state index in [1.54, 1.807) is 16.7 Å². The van der Waals surface area contributed by atoms with Gasteiger partial charge in [0.25, 0.3) is 0 Å². The van der Waals surface area contributed by atoms with Gasteiger partial charge >= 0.3 is 0 Å². The van der Waals surface area contributed by atoms with Crippen LogP contribution in [0, 0.1) is 5.82 Å². The highest BCUT2D eigenvalue weighted by Gasteiger charge is 2.07. The molecule has 0 saturated carbocycles. The number of hydrogen-bond donors (Lipinski definition) is 1. The van der Waals surface area contributed by atoms with Gasteiger partial charge in [-0.15, -0.1) is 0 Å². The van der Waals surface area contributed by atoms with Gasteiger partial charge in [0.15, 0.2) is 0 Å². The predicted octanol–water partition coefficient (Wildman–Crippen LogP) is 1.08. The van der Waals surface area contributed by atoms with E-state index >= 15 is 0 Å². The Morgan fingerprint density at radius 2 is 2.20 bits per heavy atom. The normalized spacial score (nSPS) is 11.2. The number of nitrogens with zero attached hydrogens (tertiary/aromatic N) is 3. The van der Waals surface area contributed by atoms with E-state index in [1.807, 2.05) is 14.1 Å². The van der Waals surface area contributed by atoms with E-state index in [1.165, 1.54) is 12.3 Å². The minimum Gasteiger partial charge on any atom is -0.356 e. The maximum absolute atomic E-state index is 13.0. The number of carbonyl (C=O) groups excluding carboxylic acids is 1. The first-order chi connectivity index (χ1) is 9.54. The fourth-order valence-corrected chi connectivity index (χ4v) is 1.95. The summed E-state index contributed by atoms with van der Waals surface area (Å²) in [5.74, 6) is -0.387. The Bertz CT molecular complexity index is 594. The highest BCUT2D eigenvalue weighted by molar-refractivity contribution is 5.78. The highest BCUT2D eigenvalue weighted by Crippen LogP contribution is 2.07. The lowest BCUT2D eigenvalue weighted by Gasteiger charge is -2.09. The van der Waals surface area contributed by atoms with E-state index in [0.717, 1.165) is 13.0 Å². The van der Waals surface area contributed by atoms with Gasteiger partial charge in [-0.1, -0.05) is 0 Å². The van der Waals surface area contributed by atoms with Gasteiger partial charge in [0.1, 0.15) is 11.5 Å². The van der Waals surface area contributed by atoms with Gasteiger partial charge in [0, 0.05) is 18.9 Å². The first-order valence-electron chi connectivity index (χ1n) is 6.59. The number of hydrogen-bond acceptors (Lipinski definition) is 3. The van der Waals surface area contributed by atoms with Gasteiger partial charge in [-0.3, -0.25) is 4.79 Å². The van der Waals surface area contributed by atoms with Crippen LogP contribution in [0.3, 0.4) is 0 Å². The summed E-state index contributed by atoms with van der Waals surface area (Å²) < 4.78 is 14.6. The van der Waals surface area contributed by atoms with E-state index in [4.69, 9.17) is 0 Å². The van der Waals surface area contributed by atoms with Crippen molar-refractivity contribution in [2.75, 3.05) is 27.2 Å². The zero-order valence-electron chi connectivity index (χ0n) is 11.8. The number of fused-ring (bicyclic) bond motifs is 1. The quantitative estimate of drug-likeness (QED) is 0.805. The fraction of sp³-hybridized carbons (Fsp3) is 0.429. The molecule has 0 bridgehead atoms. The molecule has 2 rings (SSSR count). The summed E-state index contributed by atoms with van der Waals surface area (Å²) >= 11 is 0. The second-order valence-electron chi connectivity index (χ2n) is 5.03. The third-order valence-corrected chi connectivity index (χ3v) is 2.91. The van der Waals surface area contributed by atoms with Crippen LogP contribution in [0.15, 0.2) is 24.5 Å². The van der Waals surface area contributed by atoms with E-state index in [-0.39, 0.29) is 18.1 Å². The molecule has 20 heavy (non-hydrogen) atoms. The molecule has 0 aliphatic rings. The average Bonchev–Trinajstić information content (AvgIpc) is 2.75. The number of halogens is 1. The lowest BCUT2D eigenvalue weighted by molar-refractivity contribution is -0.120. The van der Waals surface area contributed by atoms with Crippen LogP contribution in [0.5, 0.6) is 0 Å². The molecule has 5 nitrogen and oxygen atoms in total. The number of imidazole rings is 1. The molecule has 1 N–H and O–H groups in total. The van der Waals surface area contributed by atoms with E-state index in [9.17, 15) is 9.18 Å². The Morgan fingerprint density at radius 3 is 2.95 bits per heavy atom. The molecular formula is C14H19FN4O. The zero-order chi connectivity index (χ0) is 14.5. The first kappa shape index (κ1) is 14.5. The number of rotatable bonds is 6. The zero-order valence-corrected chi connectivity index (χ0v) is 11.8. The van der Waals surface area contributed by atoms with E-state index in [0.29, 0.717) is 17.9 Å². The van der Waals surface area contributed by atoms with Gasteiger partial charge in [-0.25, -0.2) is 9.37 Å². The maximum Gasteiger partial charge on any atom is 0.226 e. The molecule has 2 aromatic rings. The summed E-state index contributed by atoms with van der Waals surface area (Å²) in [6, 6.07) is 2.95. The van der Waals surface area contributed by atoms with Crippen LogP contribution in [0.25, 0.3) is 5.65 Å². The molecule has 0 saturated heterocycles. The minimum absolute atomic E-state index is 0.0624. The fourth-order valence-electron chi connectivity index (χ4n) is 1.95. The van der Waals surface area contributed by atoms with Gasteiger partial charge < -0.3 is 14.6 Å². The molecule has 2 heterocycles. The molecule has 2 aromatic heterocycles. The Hall–Kier alpha value is -1.95. The monoisotopic (exact) mass is 278 g/mol. The smallest absolute Gasteiger partial charge is 0.226 e. The molecule has 6 heteroatoms. The molecule has 0 fully saturated rings. The third kappa shape index (κ3) is 4.03. The standard InChI is InChI=1S/C14H19FN4O/c1-18(2)7-3-6-16-14(20)8-12-10-19-9-11(15)4-5-13(19)17-12/h4-5,9-10H,3,6-8H2,1-2H3,(H,16,20). The van der Waals surface area contributed by atoms with Crippen LogP contribution >= 0.6 is 0 Å². The summed E-state index contributed by atoms with van der Waals surface area (Å²) in [6.07, 6.45) is 4.15. The van der Waals surface area contributed by atoms with Crippen LogP contribution < -0.4 is 5.32 Å². The highest BCUT2D eigenvalue weighted by atomic mass is 19.1. The van der Waals surface area contributed by atoms with Crippen molar-refractivity contribution in [2.45, 2.75) is 12.8 Å². The van der Waals surface area contributed by atoms with Gasteiger partial charge in [-0.05, 0) is 39.2 Å². The SMILES string of the molecule is CN(C)CCCNC(=O)Cc1cn2cc(F)ccc2n1. The Labute approximate surface area is 117 Å². The summed E-state index contributed by atoms with van der Waals surface area (Å²) in [5, 5.41) is 2.85. The molecule has 0 aliphatic carbocycles. The molecule has 0 spiro atoms. The average molecular weight is 278 g/mol. The second kappa shape index (κ2) is 6.47. The number of carbonyl (C=O) groups is 1. The summed E-state index contributed by atoms with van der Waals surface area (Å²) in [5.41, 5.74) is 1.28. The summed E-state index contributed by atoms with van der Waals surface area (Å²) in [7, 11) is 4.00. The number of pyridine rings is 1. The topological polar surface area (TPSA) is 49.6 Å². The first-order valence-corrected chi connectivity index (χ1v) is 6.59. The Morgan fingerprint density at radius 1 is 1.40 bits per heavy atom. The van der Waals surface area contributed by atoms with Crippen molar-refractivity contribution in [1.29, 1.82) is 0 Å². The summed E-state index contributed by atoms with van der Waals surface area (Å²) in [4.78, 5) is 18.1. The van der Waals surface area contributed by atoms with Gasteiger partial charge in [0.05, 0.1) is 12.1 Å². The van der Waals surface area contributed by atoms with Crippen LogP contribution in [-0.4, -0.2) is 47.4 Å². The van der Waals surface area contributed by atoms with Crippen molar-refractivity contribution >= 4 is 11.6 Å². The van der Waals surface area contributed by atoms with Crippen molar-refractivity contribution in [1.82, 2.24) is 19.6 Å². The molecule has 0 aliphatic heterocycles. The molecule has 0 radical (unpaired) electrons. The molecule has 108 valence electrons. The second-order valence-corrected chi connectivity index (χ2v) is 5.03. The molecular weight excluding hydrogens is 259 g/mol. The predicted molar refractivity (Wildman–Crippen MR) is 75.0 cm³/mol. The Balaban J connectivity index is 1.86. The van der Waals surface area contributed by atoms with Crippen LogP contribution in [0.1, 0.15) is 12.1 Å². The van der Waals surface area contributed by atoms with Crippen LogP contribution in [0.4, 0.5) is 4.39 Å². The van der Waals surface area contributed by atoms with Crippen molar-refractivity contribution in [2.24, 2.45) is 0 Å². The number of amides is 1. The maximum atomic E-state index is 13.0. The van der Waals surface area contributed by atoms with Crippen LogP contribution in [-0.2, 0) is 11.2 Å². The van der Waals surface area contributed by atoms with Crippen molar-refractivity contribution in [3.8, 4) is 0 Å².